The fourth-order valence-corrected chi connectivity index (χ4v) is 3.54. The first-order valence-electron chi connectivity index (χ1n) is 10.0. The van der Waals surface area contributed by atoms with Crippen molar-refractivity contribution in [1.82, 2.24) is 25.3 Å². The topological polar surface area (TPSA) is 66.7 Å². The minimum Gasteiger partial charge on any atom is -0.497 e. The molecule has 0 fully saturated rings. The monoisotopic (exact) mass is 528 g/mol. The quantitative estimate of drug-likeness (QED) is 0.313. The first-order chi connectivity index (χ1) is 13.8. The Morgan fingerprint density at radius 1 is 1.30 bits per heavy atom. The number of aromatic nitrogens is 2. The van der Waals surface area contributed by atoms with E-state index in [9.17, 15) is 0 Å². The van der Waals surface area contributed by atoms with Crippen LogP contribution in [-0.4, -0.2) is 61.5 Å². The number of aryl methyl sites for hydroxylation is 2. The molecule has 2 atom stereocenters. The van der Waals surface area contributed by atoms with Gasteiger partial charge in [-0.15, -0.1) is 24.0 Å². The molecular weight excluding hydrogens is 491 g/mol. The Hall–Kier alpha value is -1.81. The Bertz CT molecular complexity index is 833. The molecule has 2 N–H and O–H groups in total. The Morgan fingerprint density at radius 2 is 2.00 bits per heavy atom. The highest BCUT2D eigenvalue weighted by Gasteiger charge is 2.17. The predicted molar refractivity (Wildman–Crippen MR) is 135 cm³/mol. The fraction of sp³-hybridized carbons (Fsp3) is 0.545. The molecule has 7 nitrogen and oxygen atoms in total. The SMILES string of the molecule is CN=C(NCC(c1cccc(OC)c1)N(C)C)NC(C)Cc1c(C)nn(C)c1C.I. The second kappa shape index (κ2) is 12.1. The smallest absolute Gasteiger partial charge is 0.191 e. The van der Waals surface area contributed by atoms with E-state index in [0.717, 1.165) is 30.4 Å². The maximum atomic E-state index is 5.38. The van der Waals surface area contributed by atoms with Crippen molar-refractivity contribution in [2.24, 2.45) is 12.0 Å². The summed E-state index contributed by atoms with van der Waals surface area (Å²) in [5.41, 5.74) is 4.80. The summed E-state index contributed by atoms with van der Waals surface area (Å²) in [6.45, 7) is 7.09. The van der Waals surface area contributed by atoms with Crippen molar-refractivity contribution < 1.29 is 4.74 Å². The highest BCUT2D eigenvalue weighted by atomic mass is 127. The lowest BCUT2D eigenvalue weighted by molar-refractivity contribution is 0.297. The third kappa shape index (κ3) is 6.87. The second-order valence-electron chi connectivity index (χ2n) is 7.73. The maximum Gasteiger partial charge on any atom is 0.191 e. The summed E-state index contributed by atoms with van der Waals surface area (Å²) >= 11 is 0. The molecule has 0 saturated carbocycles. The lowest BCUT2D eigenvalue weighted by atomic mass is 10.1. The third-order valence-electron chi connectivity index (χ3n) is 5.34. The summed E-state index contributed by atoms with van der Waals surface area (Å²) in [6, 6.07) is 8.63. The molecule has 2 unspecified atom stereocenters. The normalized spacial score (nSPS) is 13.6. The van der Waals surface area contributed by atoms with E-state index in [2.05, 4.69) is 72.6 Å². The van der Waals surface area contributed by atoms with Crippen LogP contribution in [0.25, 0.3) is 0 Å². The minimum atomic E-state index is 0. The molecule has 0 aliphatic rings. The van der Waals surface area contributed by atoms with Crippen molar-refractivity contribution in [3.8, 4) is 5.75 Å². The van der Waals surface area contributed by atoms with E-state index in [1.807, 2.05) is 23.9 Å². The van der Waals surface area contributed by atoms with Crippen molar-refractivity contribution in [2.75, 3.05) is 34.8 Å². The van der Waals surface area contributed by atoms with E-state index in [1.165, 1.54) is 16.8 Å². The summed E-state index contributed by atoms with van der Waals surface area (Å²) < 4.78 is 7.32. The number of nitrogens with zero attached hydrogens (tertiary/aromatic N) is 4. The van der Waals surface area contributed by atoms with Crippen LogP contribution in [-0.2, 0) is 13.5 Å². The van der Waals surface area contributed by atoms with Crippen LogP contribution < -0.4 is 15.4 Å². The Balaban J connectivity index is 0.00000450. The van der Waals surface area contributed by atoms with Crippen LogP contribution in [0.4, 0.5) is 0 Å². The molecule has 0 amide bonds. The first-order valence-corrected chi connectivity index (χ1v) is 10.0. The van der Waals surface area contributed by atoms with Crippen LogP contribution in [0.3, 0.4) is 0 Å². The third-order valence-corrected chi connectivity index (χ3v) is 5.34. The minimum absolute atomic E-state index is 0. The van der Waals surface area contributed by atoms with Crippen LogP contribution in [0.5, 0.6) is 5.75 Å². The van der Waals surface area contributed by atoms with Gasteiger partial charge in [0.25, 0.3) is 0 Å². The van der Waals surface area contributed by atoms with Crippen LogP contribution in [0, 0.1) is 13.8 Å². The fourth-order valence-electron chi connectivity index (χ4n) is 3.54. The number of benzene rings is 1. The van der Waals surface area contributed by atoms with E-state index in [0.29, 0.717) is 0 Å². The molecule has 0 aliphatic heterocycles. The van der Waals surface area contributed by atoms with Gasteiger partial charge in [-0.2, -0.15) is 5.10 Å². The van der Waals surface area contributed by atoms with E-state index in [1.54, 1.807) is 14.2 Å². The molecule has 0 aliphatic carbocycles. The number of halogens is 1. The molecule has 2 rings (SSSR count). The van der Waals surface area contributed by atoms with Crippen LogP contribution in [0.1, 0.15) is 35.5 Å². The van der Waals surface area contributed by atoms with Crippen molar-refractivity contribution in [3.63, 3.8) is 0 Å². The van der Waals surface area contributed by atoms with Gasteiger partial charge < -0.3 is 20.3 Å². The number of guanidine groups is 1. The number of ether oxygens (including phenoxy) is 1. The van der Waals surface area contributed by atoms with Crippen LogP contribution >= 0.6 is 24.0 Å². The molecule has 8 heteroatoms. The molecule has 1 heterocycles. The zero-order valence-electron chi connectivity index (χ0n) is 19.5. The second-order valence-corrected chi connectivity index (χ2v) is 7.73. The molecule has 1 aromatic carbocycles. The molecule has 0 spiro atoms. The summed E-state index contributed by atoms with van der Waals surface area (Å²) in [5.74, 6) is 1.67. The molecule has 30 heavy (non-hydrogen) atoms. The van der Waals surface area contributed by atoms with E-state index in [4.69, 9.17) is 4.74 Å². The summed E-state index contributed by atoms with van der Waals surface area (Å²) in [7, 11) is 9.65. The van der Waals surface area contributed by atoms with Crippen molar-refractivity contribution in [3.05, 3.63) is 46.8 Å². The van der Waals surface area contributed by atoms with Gasteiger partial charge in [0.2, 0.25) is 0 Å². The van der Waals surface area contributed by atoms with Crippen molar-refractivity contribution in [2.45, 2.75) is 39.3 Å². The van der Waals surface area contributed by atoms with Crippen LogP contribution in [0.2, 0.25) is 0 Å². The van der Waals surface area contributed by atoms with Gasteiger partial charge in [0.15, 0.2) is 5.96 Å². The number of aliphatic imine (C=N–C) groups is 1. The molecule has 168 valence electrons. The Kier molecular flexibility index (Phi) is 10.6. The average Bonchev–Trinajstić information content (AvgIpc) is 2.93. The molecule has 1 aromatic heterocycles. The number of rotatable bonds is 8. The average molecular weight is 528 g/mol. The highest BCUT2D eigenvalue weighted by molar-refractivity contribution is 14.0. The van der Waals surface area contributed by atoms with E-state index >= 15 is 0 Å². The number of nitrogens with one attached hydrogen (secondary N) is 2. The summed E-state index contributed by atoms with van der Waals surface area (Å²) in [4.78, 5) is 6.60. The standard InChI is InChI=1S/C22H36N6O.HI/c1-15(12-20-16(2)26-28(7)17(20)3)25-22(23-4)24-14-21(27(5)6)18-10-9-11-19(13-18)29-8;/h9-11,13,15,21H,12,14H2,1-8H3,(H2,23,24,25);1H. The van der Waals surface area contributed by atoms with Crippen molar-refractivity contribution >= 4 is 29.9 Å². The number of likely N-dealkylation sites (N-methyl/N-ethyl adjacent to an activating group) is 1. The first kappa shape index (κ1) is 26.2. The molecule has 0 radical (unpaired) electrons. The zero-order valence-corrected chi connectivity index (χ0v) is 21.8. The van der Waals surface area contributed by atoms with E-state index < -0.39 is 0 Å². The van der Waals surface area contributed by atoms with Gasteiger partial charge in [0.1, 0.15) is 5.75 Å². The lowest BCUT2D eigenvalue weighted by Gasteiger charge is -2.27. The van der Waals surface area contributed by atoms with Gasteiger partial charge in [0.05, 0.1) is 18.8 Å². The lowest BCUT2D eigenvalue weighted by Crippen LogP contribution is -2.45. The summed E-state index contributed by atoms with van der Waals surface area (Å²) in [5, 5.41) is 11.5. The van der Waals surface area contributed by atoms with Gasteiger partial charge in [-0.1, -0.05) is 12.1 Å². The maximum absolute atomic E-state index is 5.38. The van der Waals surface area contributed by atoms with E-state index in [-0.39, 0.29) is 36.1 Å². The molecule has 0 saturated heterocycles. The van der Waals surface area contributed by atoms with Crippen LogP contribution in [0.15, 0.2) is 29.3 Å². The molecular formula is C22H37IN6O. The molecule has 2 aromatic rings. The number of hydrogen-bond donors (Lipinski definition) is 2. The number of methoxy groups -OCH3 is 1. The van der Waals surface area contributed by atoms with Gasteiger partial charge in [-0.3, -0.25) is 9.67 Å². The van der Waals surface area contributed by atoms with Gasteiger partial charge in [-0.05, 0) is 64.5 Å². The number of hydrogen-bond acceptors (Lipinski definition) is 4. The van der Waals surface area contributed by atoms with Gasteiger partial charge >= 0.3 is 0 Å². The predicted octanol–water partition coefficient (Wildman–Crippen LogP) is 3.06. The van der Waals surface area contributed by atoms with Gasteiger partial charge in [-0.25, -0.2) is 0 Å². The summed E-state index contributed by atoms with van der Waals surface area (Å²) in [6.07, 6.45) is 0.902. The largest absolute Gasteiger partial charge is 0.497 e. The van der Waals surface area contributed by atoms with Gasteiger partial charge in [0, 0.05) is 32.4 Å². The Labute approximate surface area is 198 Å². The zero-order chi connectivity index (χ0) is 21.6. The Morgan fingerprint density at radius 3 is 2.53 bits per heavy atom. The molecule has 0 bridgehead atoms. The van der Waals surface area contributed by atoms with Crippen molar-refractivity contribution in [1.29, 1.82) is 0 Å². The highest BCUT2D eigenvalue weighted by Crippen LogP contribution is 2.22.